The maximum Gasteiger partial charge on any atom is 0.259 e. The Morgan fingerprint density at radius 3 is 3.23 bits per heavy atom. The molecule has 0 amide bonds. The summed E-state index contributed by atoms with van der Waals surface area (Å²) in [6.45, 7) is 5.25. The van der Waals surface area contributed by atoms with Crippen LogP contribution in [0.15, 0.2) is 9.90 Å². The van der Waals surface area contributed by atoms with Gasteiger partial charge in [-0.05, 0) is 37.8 Å². The van der Waals surface area contributed by atoms with Crippen LogP contribution in [0.2, 0.25) is 0 Å². The Morgan fingerprint density at radius 1 is 1.45 bits per heavy atom. The highest BCUT2D eigenvalue weighted by Crippen LogP contribution is 2.37. The summed E-state index contributed by atoms with van der Waals surface area (Å²) >= 11 is 1.85. The molecule has 2 aromatic rings. The van der Waals surface area contributed by atoms with Crippen LogP contribution in [0, 0.1) is 5.92 Å². The molecule has 2 unspecified atom stereocenters. The van der Waals surface area contributed by atoms with Crippen LogP contribution in [0.3, 0.4) is 0 Å². The van der Waals surface area contributed by atoms with E-state index >= 15 is 0 Å². The average molecular weight is 318 g/mol. The zero-order valence-electron chi connectivity index (χ0n) is 13.1. The molecular weight excluding hydrogens is 296 g/mol. The summed E-state index contributed by atoms with van der Waals surface area (Å²) in [6, 6.07) is 0.209. The van der Waals surface area contributed by atoms with Crippen LogP contribution in [0.25, 0.3) is 11.5 Å². The van der Waals surface area contributed by atoms with E-state index in [9.17, 15) is 0 Å². The Labute approximate surface area is 134 Å². The standard InChI is InChI=1S/C16H22N4OS/c1-10-3-4-11-12(9-22-14(11)7-10)16-18-15(19-21-16)13-8-17-5-6-20(13)2/h9-10,13,17H,3-8H2,1-2H3. The topological polar surface area (TPSA) is 54.2 Å². The van der Waals surface area contributed by atoms with Crippen molar-refractivity contribution >= 4 is 11.3 Å². The number of thiophene rings is 1. The minimum Gasteiger partial charge on any atom is -0.334 e. The molecule has 0 bridgehead atoms. The largest absolute Gasteiger partial charge is 0.334 e. The number of nitrogens with zero attached hydrogens (tertiary/aromatic N) is 3. The van der Waals surface area contributed by atoms with Gasteiger partial charge in [0, 0.05) is 29.9 Å². The molecular formula is C16H22N4OS. The van der Waals surface area contributed by atoms with Crippen LogP contribution in [-0.2, 0) is 12.8 Å². The third kappa shape index (κ3) is 2.49. The van der Waals surface area contributed by atoms with Crippen molar-refractivity contribution in [2.75, 3.05) is 26.7 Å². The van der Waals surface area contributed by atoms with E-state index < -0.39 is 0 Å². The van der Waals surface area contributed by atoms with E-state index in [4.69, 9.17) is 9.51 Å². The molecule has 118 valence electrons. The fraction of sp³-hybridized carbons (Fsp3) is 0.625. The van der Waals surface area contributed by atoms with Crippen molar-refractivity contribution in [1.82, 2.24) is 20.4 Å². The smallest absolute Gasteiger partial charge is 0.259 e. The second-order valence-corrected chi connectivity index (χ2v) is 7.52. The summed E-state index contributed by atoms with van der Waals surface area (Å²) in [4.78, 5) is 8.49. The second kappa shape index (κ2) is 5.76. The van der Waals surface area contributed by atoms with Gasteiger partial charge in [-0.25, -0.2) is 0 Å². The molecule has 5 nitrogen and oxygen atoms in total. The lowest BCUT2D eigenvalue weighted by Crippen LogP contribution is -2.44. The Bertz CT molecular complexity index is 665. The van der Waals surface area contributed by atoms with Crippen molar-refractivity contribution in [2.45, 2.75) is 32.2 Å². The van der Waals surface area contributed by atoms with Gasteiger partial charge < -0.3 is 9.84 Å². The number of piperazine rings is 1. The number of aromatic nitrogens is 2. The first kappa shape index (κ1) is 14.4. The molecule has 2 aliphatic rings. The van der Waals surface area contributed by atoms with Crippen LogP contribution in [0.5, 0.6) is 0 Å². The molecule has 0 aromatic carbocycles. The molecule has 0 radical (unpaired) electrons. The van der Waals surface area contributed by atoms with Crippen LogP contribution >= 0.6 is 11.3 Å². The maximum atomic E-state index is 5.59. The minimum absolute atomic E-state index is 0.209. The van der Waals surface area contributed by atoms with Gasteiger partial charge in [0.05, 0.1) is 11.6 Å². The quantitative estimate of drug-likeness (QED) is 0.922. The van der Waals surface area contributed by atoms with Crippen molar-refractivity contribution in [2.24, 2.45) is 5.92 Å². The Balaban J connectivity index is 1.62. The normalized spacial score (nSPS) is 26.1. The van der Waals surface area contributed by atoms with Crippen molar-refractivity contribution in [3.8, 4) is 11.5 Å². The molecule has 1 aliphatic carbocycles. The van der Waals surface area contributed by atoms with Crippen molar-refractivity contribution < 1.29 is 4.52 Å². The number of nitrogens with one attached hydrogen (secondary N) is 1. The van der Waals surface area contributed by atoms with Gasteiger partial charge in [-0.1, -0.05) is 12.1 Å². The van der Waals surface area contributed by atoms with E-state index in [1.807, 2.05) is 11.3 Å². The van der Waals surface area contributed by atoms with E-state index in [0.717, 1.165) is 43.4 Å². The summed E-state index contributed by atoms with van der Waals surface area (Å²) in [5, 5.41) is 9.85. The third-order valence-electron chi connectivity index (χ3n) is 4.88. The molecule has 6 heteroatoms. The molecule has 0 spiro atoms. The number of hydrogen-bond acceptors (Lipinski definition) is 6. The molecule has 4 rings (SSSR count). The first-order chi connectivity index (χ1) is 10.7. The van der Waals surface area contributed by atoms with E-state index in [1.165, 1.54) is 23.3 Å². The lowest BCUT2D eigenvalue weighted by molar-refractivity contribution is 0.190. The highest BCUT2D eigenvalue weighted by atomic mass is 32.1. The lowest BCUT2D eigenvalue weighted by Gasteiger charge is -2.30. The molecule has 1 fully saturated rings. The minimum atomic E-state index is 0.209. The molecule has 0 saturated carbocycles. The van der Waals surface area contributed by atoms with E-state index in [0.29, 0.717) is 5.89 Å². The molecule has 1 aliphatic heterocycles. The predicted molar refractivity (Wildman–Crippen MR) is 87.0 cm³/mol. The molecule has 3 heterocycles. The number of fused-ring (bicyclic) bond motifs is 1. The van der Waals surface area contributed by atoms with Gasteiger partial charge in [0.15, 0.2) is 5.82 Å². The number of likely N-dealkylation sites (N-methyl/N-ethyl adjacent to an activating group) is 1. The molecule has 22 heavy (non-hydrogen) atoms. The van der Waals surface area contributed by atoms with Gasteiger partial charge in [-0.3, -0.25) is 4.90 Å². The first-order valence-electron chi connectivity index (χ1n) is 8.06. The zero-order chi connectivity index (χ0) is 15.1. The monoisotopic (exact) mass is 318 g/mol. The van der Waals surface area contributed by atoms with Gasteiger partial charge in [-0.2, -0.15) is 4.98 Å². The Kier molecular flexibility index (Phi) is 3.76. The number of rotatable bonds is 2. The molecule has 1 N–H and O–H groups in total. The zero-order valence-corrected chi connectivity index (χ0v) is 13.9. The van der Waals surface area contributed by atoms with E-state index in [2.05, 4.69) is 34.7 Å². The van der Waals surface area contributed by atoms with Gasteiger partial charge in [-0.15, -0.1) is 11.3 Å². The summed E-state index contributed by atoms with van der Waals surface area (Å²) in [7, 11) is 2.12. The van der Waals surface area contributed by atoms with Gasteiger partial charge in [0.25, 0.3) is 5.89 Å². The molecule has 1 saturated heterocycles. The second-order valence-electron chi connectivity index (χ2n) is 6.56. The Hall–Kier alpha value is -1.24. The van der Waals surface area contributed by atoms with Crippen molar-refractivity contribution in [3.63, 3.8) is 0 Å². The van der Waals surface area contributed by atoms with Crippen LogP contribution < -0.4 is 5.32 Å². The van der Waals surface area contributed by atoms with Crippen LogP contribution in [0.4, 0.5) is 0 Å². The number of hydrogen-bond donors (Lipinski definition) is 1. The van der Waals surface area contributed by atoms with Gasteiger partial charge >= 0.3 is 0 Å². The van der Waals surface area contributed by atoms with Crippen LogP contribution in [-0.4, -0.2) is 41.7 Å². The van der Waals surface area contributed by atoms with Crippen molar-refractivity contribution in [3.05, 3.63) is 21.6 Å². The van der Waals surface area contributed by atoms with Gasteiger partial charge in [0.2, 0.25) is 0 Å². The lowest BCUT2D eigenvalue weighted by atomic mass is 9.88. The van der Waals surface area contributed by atoms with Crippen molar-refractivity contribution in [1.29, 1.82) is 0 Å². The summed E-state index contributed by atoms with van der Waals surface area (Å²) in [5.74, 6) is 2.29. The maximum absolute atomic E-state index is 5.59. The highest BCUT2D eigenvalue weighted by molar-refractivity contribution is 7.10. The highest BCUT2D eigenvalue weighted by Gasteiger charge is 2.27. The summed E-state index contributed by atoms with van der Waals surface area (Å²) < 4.78 is 5.59. The van der Waals surface area contributed by atoms with E-state index in [-0.39, 0.29) is 6.04 Å². The first-order valence-corrected chi connectivity index (χ1v) is 8.94. The predicted octanol–water partition coefficient (Wildman–Crippen LogP) is 2.50. The molecule has 2 aromatic heterocycles. The average Bonchev–Trinajstić information content (AvgIpc) is 3.13. The van der Waals surface area contributed by atoms with E-state index in [1.54, 1.807) is 0 Å². The molecule has 2 atom stereocenters. The van der Waals surface area contributed by atoms with Crippen LogP contribution in [0.1, 0.15) is 35.7 Å². The third-order valence-corrected chi connectivity index (χ3v) is 5.93. The summed E-state index contributed by atoms with van der Waals surface area (Å²) in [5.41, 5.74) is 2.60. The fourth-order valence-electron chi connectivity index (χ4n) is 3.43. The SMILES string of the molecule is CC1CCc2c(-c3nc(C4CNCCN4C)no3)csc2C1. The summed E-state index contributed by atoms with van der Waals surface area (Å²) in [6.07, 6.45) is 3.58. The fourth-order valence-corrected chi connectivity index (χ4v) is 4.67. The van der Waals surface area contributed by atoms with Gasteiger partial charge in [0.1, 0.15) is 0 Å². The Morgan fingerprint density at radius 2 is 2.36 bits per heavy atom.